The lowest BCUT2D eigenvalue weighted by Crippen LogP contribution is -2.21. The van der Waals surface area contributed by atoms with Gasteiger partial charge < -0.3 is 15.9 Å². The van der Waals surface area contributed by atoms with Gasteiger partial charge >= 0.3 is 0 Å². The molecule has 1 heterocycles. The molecule has 0 aliphatic carbocycles. The minimum absolute atomic E-state index is 0.0733. The number of nitrogens with two attached hydrogens (primary N) is 2. The standard InChI is InChI=1S/C17H12ClN3O3/c18-11-3-6-14-10(7-11)8-13(16(20)23)17(24-14)21-12-4-1-9(2-5-12)15(19)22/h1-8H,(H2,19,22)(H2,20,23). The molecule has 0 atom stereocenters. The normalized spacial score (nSPS) is 11.6. The van der Waals surface area contributed by atoms with Crippen molar-refractivity contribution in [3.8, 4) is 0 Å². The van der Waals surface area contributed by atoms with Crippen molar-refractivity contribution >= 4 is 40.1 Å². The van der Waals surface area contributed by atoms with Gasteiger partial charge in [-0.25, -0.2) is 4.99 Å². The predicted octanol–water partition coefficient (Wildman–Crippen LogP) is 2.52. The second-order valence-corrected chi connectivity index (χ2v) is 5.47. The van der Waals surface area contributed by atoms with Crippen molar-refractivity contribution in [2.24, 2.45) is 16.5 Å². The third-order valence-corrected chi connectivity index (χ3v) is 3.59. The van der Waals surface area contributed by atoms with Crippen LogP contribution in [-0.2, 0) is 0 Å². The fourth-order valence-electron chi connectivity index (χ4n) is 2.18. The Morgan fingerprint density at radius 3 is 2.29 bits per heavy atom. The Morgan fingerprint density at radius 2 is 1.67 bits per heavy atom. The van der Waals surface area contributed by atoms with Crippen LogP contribution in [0.15, 0.2) is 57.9 Å². The predicted molar refractivity (Wildman–Crippen MR) is 89.9 cm³/mol. The average molecular weight is 342 g/mol. The first kappa shape index (κ1) is 15.8. The van der Waals surface area contributed by atoms with E-state index in [1.807, 2.05) is 0 Å². The maximum Gasteiger partial charge on any atom is 0.254 e. The van der Waals surface area contributed by atoms with Gasteiger partial charge in [0.15, 0.2) is 0 Å². The Bertz CT molecular complexity index is 1020. The molecule has 7 heteroatoms. The van der Waals surface area contributed by atoms with E-state index in [-0.39, 0.29) is 11.1 Å². The molecule has 1 aromatic heterocycles. The summed E-state index contributed by atoms with van der Waals surface area (Å²) in [6, 6.07) is 12.8. The number of fused-ring (bicyclic) bond motifs is 1. The molecule has 2 aromatic carbocycles. The third-order valence-electron chi connectivity index (χ3n) is 3.36. The molecular weight excluding hydrogens is 330 g/mol. The number of carbonyl (C=O) groups excluding carboxylic acids is 2. The maximum atomic E-state index is 11.7. The van der Waals surface area contributed by atoms with E-state index in [1.54, 1.807) is 36.4 Å². The van der Waals surface area contributed by atoms with Crippen LogP contribution in [0.1, 0.15) is 20.7 Å². The fraction of sp³-hybridized carbons (Fsp3) is 0. The molecule has 0 saturated heterocycles. The number of halogens is 1. The number of hydrogen-bond acceptors (Lipinski definition) is 4. The molecule has 0 saturated carbocycles. The topological polar surface area (TPSA) is 112 Å². The van der Waals surface area contributed by atoms with Crippen molar-refractivity contribution in [2.75, 3.05) is 0 Å². The zero-order chi connectivity index (χ0) is 17.3. The van der Waals surface area contributed by atoms with Crippen LogP contribution < -0.4 is 17.0 Å². The molecule has 0 aliphatic heterocycles. The maximum absolute atomic E-state index is 11.7. The first-order valence-corrected chi connectivity index (χ1v) is 7.29. The Morgan fingerprint density at radius 1 is 0.958 bits per heavy atom. The smallest absolute Gasteiger partial charge is 0.254 e. The molecule has 0 spiro atoms. The monoisotopic (exact) mass is 341 g/mol. The fourth-order valence-corrected chi connectivity index (χ4v) is 2.36. The summed E-state index contributed by atoms with van der Waals surface area (Å²) in [4.78, 5) is 27.1. The van der Waals surface area contributed by atoms with E-state index in [2.05, 4.69) is 4.99 Å². The number of carbonyl (C=O) groups is 2. The lowest BCUT2D eigenvalue weighted by atomic mass is 10.1. The second kappa shape index (κ2) is 6.17. The highest BCUT2D eigenvalue weighted by Gasteiger charge is 2.10. The first-order chi connectivity index (χ1) is 11.4. The minimum atomic E-state index is -0.673. The summed E-state index contributed by atoms with van der Waals surface area (Å²) in [5.41, 5.74) is 12.2. The summed E-state index contributed by atoms with van der Waals surface area (Å²) >= 11 is 5.94. The van der Waals surface area contributed by atoms with Crippen molar-refractivity contribution in [1.82, 2.24) is 0 Å². The van der Waals surface area contributed by atoms with Crippen LogP contribution in [0.4, 0.5) is 5.69 Å². The van der Waals surface area contributed by atoms with Crippen LogP contribution >= 0.6 is 11.6 Å². The molecule has 120 valence electrons. The van der Waals surface area contributed by atoms with E-state index < -0.39 is 11.8 Å². The number of benzene rings is 2. The summed E-state index contributed by atoms with van der Waals surface area (Å²) in [5.74, 6) is -1.21. The molecule has 0 bridgehead atoms. The van der Waals surface area contributed by atoms with Gasteiger partial charge in [-0.2, -0.15) is 0 Å². The van der Waals surface area contributed by atoms with Gasteiger partial charge in [-0.05, 0) is 48.5 Å². The van der Waals surface area contributed by atoms with Gasteiger partial charge in [0.1, 0.15) is 11.1 Å². The highest BCUT2D eigenvalue weighted by molar-refractivity contribution is 6.31. The highest BCUT2D eigenvalue weighted by Crippen LogP contribution is 2.19. The van der Waals surface area contributed by atoms with Gasteiger partial charge in [-0.3, -0.25) is 9.59 Å². The number of primary amides is 2. The molecule has 3 aromatic rings. The van der Waals surface area contributed by atoms with Crippen molar-refractivity contribution in [3.63, 3.8) is 0 Å². The van der Waals surface area contributed by atoms with Crippen LogP contribution in [0.25, 0.3) is 11.0 Å². The largest absolute Gasteiger partial charge is 0.438 e. The summed E-state index contributed by atoms with van der Waals surface area (Å²) < 4.78 is 5.67. The Labute approximate surface area is 141 Å². The van der Waals surface area contributed by atoms with Crippen molar-refractivity contribution < 1.29 is 14.0 Å². The molecular formula is C17H12ClN3O3. The SMILES string of the molecule is NC(=O)c1ccc(N=c2oc3ccc(Cl)cc3cc2C(N)=O)cc1. The van der Waals surface area contributed by atoms with E-state index in [9.17, 15) is 9.59 Å². The van der Waals surface area contributed by atoms with Gasteiger partial charge in [0.2, 0.25) is 11.5 Å². The Balaban J connectivity index is 2.19. The van der Waals surface area contributed by atoms with Crippen molar-refractivity contribution in [3.05, 3.63) is 70.2 Å². The zero-order valence-corrected chi connectivity index (χ0v) is 13.1. The van der Waals surface area contributed by atoms with Gasteiger partial charge in [0, 0.05) is 16.0 Å². The Hall–Kier alpha value is -3.12. The number of hydrogen-bond donors (Lipinski definition) is 2. The van der Waals surface area contributed by atoms with Gasteiger partial charge in [-0.1, -0.05) is 11.6 Å². The van der Waals surface area contributed by atoms with Crippen molar-refractivity contribution in [2.45, 2.75) is 0 Å². The molecule has 2 amide bonds. The lowest BCUT2D eigenvalue weighted by molar-refractivity contribution is 0.0989. The van der Waals surface area contributed by atoms with E-state index >= 15 is 0 Å². The van der Waals surface area contributed by atoms with Crippen LogP contribution in [-0.4, -0.2) is 11.8 Å². The molecule has 0 aliphatic rings. The number of nitrogens with zero attached hydrogens (tertiary/aromatic N) is 1. The van der Waals surface area contributed by atoms with Gasteiger partial charge in [0.25, 0.3) is 5.91 Å². The first-order valence-electron chi connectivity index (χ1n) is 6.92. The highest BCUT2D eigenvalue weighted by atomic mass is 35.5. The summed E-state index contributed by atoms with van der Waals surface area (Å²) in [5, 5.41) is 1.15. The van der Waals surface area contributed by atoms with Crippen LogP contribution in [0.3, 0.4) is 0 Å². The van der Waals surface area contributed by atoms with Gasteiger partial charge in [0.05, 0.1) is 5.69 Å². The molecule has 24 heavy (non-hydrogen) atoms. The summed E-state index contributed by atoms with van der Waals surface area (Å²) in [6.07, 6.45) is 0. The van der Waals surface area contributed by atoms with Crippen molar-refractivity contribution in [1.29, 1.82) is 0 Å². The summed E-state index contributed by atoms with van der Waals surface area (Å²) in [6.45, 7) is 0. The minimum Gasteiger partial charge on any atom is -0.438 e. The summed E-state index contributed by atoms with van der Waals surface area (Å²) in [7, 11) is 0. The van der Waals surface area contributed by atoms with Gasteiger partial charge in [-0.15, -0.1) is 0 Å². The van der Waals surface area contributed by atoms with Crippen LogP contribution in [0.5, 0.6) is 0 Å². The van der Waals surface area contributed by atoms with E-state index in [4.69, 9.17) is 27.5 Å². The van der Waals surface area contributed by atoms with E-state index in [1.165, 1.54) is 12.1 Å². The number of amides is 2. The quantitative estimate of drug-likeness (QED) is 0.763. The lowest BCUT2D eigenvalue weighted by Gasteiger charge is -2.03. The zero-order valence-electron chi connectivity index (χ0n) is 12.3. The average Bonchev–Trinajstić information content (AvgIpc) is 2.54. The molecule has 4 N–H and O–H groups in total. The molecule has 0 radical (unpaired) electrons. The van der Waals surface area contributed by atoms with Crippen LogP contribution in [0, 0.1) is 0 Å². The third kappa shape index (κ3) is 3.13. The second-order valence-electron chi connectivity index (χ2n) is 5.03. The Kier molecular flexibility index (Phi) is 4.05. The molecule has 6 nitrogen and oxygen atoms in total. The number of rotatable bonds is 3. The molecule has 3 rings (SSSR count). The van der Waals surface area contributed by atoms with Crippen LogP contribution in [0.2, 0.25) is 5.02 Å². The van der Waals surface area contributed by atoms with E-state index in [0.29, 0.717) is 27.2 Å². The molecule has 0 unspecified atom stereocenters. The van der Waals surface area contributed by atoms with E-state index in [0.717, 1.165) is 0 Å². The molecule has 0 fully saturated rings.